The Hall–Kier alpha value is 0.516. The molecule has 4 heteroatoms. The van der Waals surface area contributed by atoms with Crippen molar-refractivity contribution < 1.29 is 65.3 Å². The van der Waals surface area contributed by atoms with Crippen LogP contribution in [-0.2, 0) is 0 Å². The van der Waals surface area contributed by atoms with Crippen molar-refractivity contribution in [3.63, 3.8) is 0 Å². The van der Waals surface area contributed by atoms with E-state index in [1.54, 1.807) is 0 Å². The van der Waals surface area contributed by atoms with Crippen molar-refractivity contribution >= 4 is 0 Å². The molecule has 0 aromatic heterocycles. The Kier molecular flexibility index (Phi) is 4.63. The predicted molar refractivity (Wildman–Crippen MR) is 25.8 cm³/mol. The molecule has 0 fully saturated rings. The third-order valence-corrected chi connectivity index (χ3v) is 0.894. The second kappa shape index (κ2) is 4.41. The first kappa shape index (κ1) is 10.5. The number of hydrogen-bond donors (Lipinski definition) is 0. The molecule has 0 bridgehead atoms. The summed E-state index contributed by atoms with van der Waals surface area (Å²) in [5.41, 5.74) is 0. The zero-order valence-corrected chi connectivity index (χ0v) is 8.52. The van der Waals surface area contributed by atoms with Crippen molar-refractivity contribution in [3.8, 4) is 5.75 Å². The minimum Gasteiger partial charge on any atom is -0.870 e. The van der Waals surface area contributed by atoms with E-state index in [-0.39, 0.29) is 51.4 Å². The van der Waals surface area contributed by atoms with Gasteiger partial charge in [0.05, 0.1) is 0 Å². The summed E-state index contributed by atoms with van der Waals surface area (Å²) in [6.45, 7) is 0. The number of benzene rings is 1. The van der Waals surface area contributed by atoms with Gasteiger partial charge in [-0.15, -0.1) is 0 Å². The van der Waals surface area contributed by atoms with Crippen LogP contribution in [0.3, 0.4) is 0 Å². The Morgan fingerprint density at radius 3 is 2.20 bits per heavy atom. The van der Waals surface area contributed by atoms with Crippen molar-refractivity contribution in [2.24, 2.45) is 0 Å². The van der Waals surface area contributed by atoms with Crippen LogP contribution in [0.5, 0.6) is 5.75 Å². The third kappa shape index (κ3) is 2.63. The largest absolute Gasteiger partial charge is 1.00 e. The predicted octanol–water partition coefficient (Wildman–Crippen LogP) is -1.96. The molecular formula is C6H3F2KO. The van der Waals surface area contributed by atoms with E-state index in [9.17, 15) is 13.9 Å². The van der Waals surface area contributed by atoms with Crippen LogP contribution < -0.4 is 56.5 Å². The molecule has 0 N–H and O–H groups in total. The standard InChI is InChI=1S/C6H4F2O.K/c7-4-1-2-6(9)5(8)3-4;/h1-3,9H;/q;+1/p-1. The van der Waals surface area contributed by atoms with E-state index < -0.39 is 17.4 Å². The Morgan fingerprint density at radius 2 is 1.80 bits per heavy atom. The Morgan fingerprint density at radius 1 is 1.20 bits per heavy atom. The average molecular weight is 168 g/mol. The van der Waals surface area contributed by atoms with Crippen molar-refractivity contribution in [3.05, 3.63) is 29.8 Å². The van der Waals surface area contributed by atoms with Gasteiger partial charge in [0.15, 0.2) is 0 Å². The summed E-state index contributed by atoms with van der Waals surface area (Å²) in [5.74, 6) is -2.56. The summed E-state index contributed by atoms with van der Waals surface area (Å²) in [6.07, 6.45) is 0. The van der Waals surface area contributed by atoms with Gasteiger partial charge in [0, 0.05) is 6.07 Å². The molecular weight excluding hydrogens is 165 g/mol. The molecule has 0 radical (unpaired) electrons. The van der Waals surface area contributed by atoms with E-state index in [2.05, 4.69) is 0 Å². The summed E-state index contributed by atoms with van der Waals surface area (Å²) in [6, 6.07) is 2.33. The minimum atomic E-state index is -1.05. The quantitative estimate of drug-likeness (QED) is 0.413. The first-order chi connectivity index (χ1) is 4.20. The zero-order chi connectivity index (χ0) is 6.85. The molecule has 0 amide bonds. The maximum Gasteiger partial charge on any atom is 1.00 e. The SMILES string of the molecule is [K+].[O-]c1ccc(F)cc1F. The monoisotopic (exact) mass is 168 g/mol. The molecule has 0 saturated heterocycles. The van der Waals surface area contributed by atoms with Gasteiger partial charge >= 0.3 is 51.4 Å². The fraction of sp³-hybridized carbons (Fsp3) is 0. The molecule has 0 aliphatic rings. The second-order valence-corrected chi connectivity index (χ2v) is 1.57. The van der Waals surface area contributed by atoms with Crippen LogP contribution in [0.2, 0.25) is 0 Å². The molecule has 1 rings (SSSR count). The van der Waals surface area contributed by atoms with Gasteiger partial charge in [0.25, 0.3) is 0 Å². The number of hydrogen-bond acceptors (Lipinski definition) is 1. The maximum atomic E-state index is 12.0. The normalized spacial score (nSPS) is 8.60. The van der Waals surface area contributed by atoms with E-state index >= 15 is 0 Å². The zero-order valence-electron chi connectivity index (χ0n) is 5.40. The van der Waals surface area contributed by atoms with Gasteiger partial charge in [-0.05, 0) is 6.07 Å². The molecule has 1 aromatic rings. The van der Waals surface area contributed by atoms with E-state index in [1.807, 2.05) is 0 Å². The summed E-state index contributed by atoms with van der Waals surface area (Å²) >= 11 is 0. The van der Waals surface area contributed by atoms with Gasteiger partial charge in [-0.3, -0.25) is 0 Å². The molecule has 0 heterocycles. The van der Waals surface area contributed by atoms with E-state index in [1.165, 1.54) is 0 Å². The Labute approximate surface area is 99.5 Å². The van der Waals surface area contributed by atoms with Gasteiger partial charge in [-0.25, -0.2) is 8.78 Å². The first-order valence-corrected chi connectivity index (χ1v) is 2.32. The van der Waals surface area contributed by atoms with Crippen LogP contribution in [0.4, 0.5) is 8.78 Å². The molecule has 0 aliphatic carbocycles. The van der Waals surface area contributed by atoms with Gasteiger partial charge < -0.3 is 5.11 Å². The maximum absolute atomic E-state index is 12.0. The topological polar surface area (TPSA) is 23.1 Å². The molecule has 0 saturated carbocycles. The van der Waals surface area contributed by atoms with Crippen LogP contribution in [0.15, 0.2) is 18.2 Å². The van der Waals surface area contributed by atoms with Crippen molar-refractivity contribution in [1.29, 1.82) is 0 Å². The summed E-state index contributed by atoms with van der Waals surface area (Å²) in [4.78, 5) is 0. The van der Waals surface area contributed by atoms with Crippen LogP contribution in [0, 0.1) is 11.6 Å². The van der Waals surface area contributed by atoms with Gasteiger partial charge in [0.2, 0.25) is 0 Å². The van der Waals surface area contributed by atoms with E-state index in [0.717, 1.165) is 12.1 Å². The van der Waals surface area contributed by atoms with Crippen LogP contribution >= 0.6 is 0 Å². The molecule has 0 atom stereocenters. The molecule has 1 aromatic carbocycles. The molecule has 0 spiro atoms. The van der Waals surface area contributed by atoms with Crippen molar-refractivity contribution in [1.82, 2.24) is 0 Å². The minimum absolute atomic E-state index is 0. The third-order valence-electron chi connectivity index (χ3n) is 0.894. The molecule has 10 heavy (non-hydrogen) atoms. The van der Waals surface area contributed by atoms with Gasteiger partial charge in [0.1, 0.15) is 11.6 Å². The molecule has 1 nitrogen and oxygen atoms in total. The van der Waals surface area contributed by atoms with Crippen LogP contribution in [0.1, 0.15) is 0 Å². The van der Waals surface area contributed by atoms with E-state index in [0.29, 0.717) is 6.07 Å². The average Bonchev–Trinajstić information content (AvgIpc) is 1.80. The Balaban J connectivity index is 0.000000810. The van der Waals surface area contributed by atoms with Crippen LogP contribution in [0.25, 0.3) is 0 Å². The van der Waals surface area contributed by atoms with Gasteiger partial charge in [-0.1, -0.05) is 11.8 Å². The van der Waals surface area contributed by atoms with Crippen LogP contribution in [-0.4, -0.2) is 0 Å². The fourth-order valence-electron chi connectivity index (χ4n) is 0.475. The molecule has 48 valence electrons. The number of rotatable bonds is 0. The Bertz CT molecular complexity index is 227. The second-order valence-electron chi connectivity index (χ2n) is 1.57. The summed E-state index contributed by atoms with van der Waals surface area (Å²) in [7, 11) is 0. The number of halogens is 2. The molecule has 0 unspecified atom stereocenters. The molecule has 0 aliphatic heterocycles. The van der Waals surface area contributed by atoms with Crippen molar-refractivity contribution in [2.45, 2.75) is 0 Å². The smallest absolute Gasteiger partial charge is 0.870 e. The van der Waals surface area contributed by atoms with Crippen molar-refractivity contribution in [2.75, 3.05) is 0 Å². The summed E-state index contributed by atoms with van der Waals surface area (Å²) < 4.78 is 24.0. The van der Waals surface area contributed by atoms with Gasteiger partial charge in [-0.2, -0.15) is 0 Å². The van der Waals surface area contributed by atoms with E-state index in [4.69, 9.17) is 0 Å². The fourth-order valence-corrected chi connectivity index (χ4v) is 0.475. The summed E-state index contributed by atoms with van der Waals surface area (Å²) in [5, 5.41) is 10.2. The first-order valence-electron chi connectivity index (χ1n) is 2.32.